The highest BCUT2D eigenvalue weighted by Crippen LogP contribution is 2.28. The average molecular weight is 447 g/mol. The monoisotopic (exact) mass is 447 g/mol. The second-order valence-electron chi connectivity index (χ2n) is 5.45. The van der Waals surface area contributed by atoms with E-state index in [9.17, 15) is 9.59 Å². The molecular formula is C19H14INO4. The molecule has 0 fully saturated rings. The van der Waals surface area contributed by atoms with Gasteiger partial charge in [0.15, 0.2) is 0 Å². The molecule has 0 aliphatic heterocycles. The Balaban J connectivity index is 1.79. The molecule has 0 saturated carbocycles. The normalized spacial score (nSPS) is 11.1. The molecule has 126 valence electrons. The van der Waals surface area contributed by atoms with E-state index < -0.39 is 5.97 Å². The van der Waals surface area contributed by atoms with Crippen LogP contribution in [0.5, 0.6) is 0 Å². The van der Waals surface area contributed by atoms with E-state index >= 15 is 0 Å². The van der Waals surface area contributed by atoms with Crippen molar-refractivity contribution in [1.29, 1.82) is 0 Å². The zero-order chi connectivity index (χ0) is 18.0. The second-order valence-corrected chi connectivity index (χ2v) is 6.70. The van der Waals surface area contributed by atoms with Gasteiger partial charge in [0.05, 0.1) is 0 Å². The van der Waals surface area contributed by atoms with Gasteiger partial charge in [0, 0.05) is 26.3 Å². The van der Waals surface area contributed by atoms with Gasteiger partial charge >= 0.3 is 5.97 Å². The zero-order valence-electron chi connectivity index (χ0n) is 13.2. The molecule has 1 aromatic heterocycles. The fourth-order valence-electron chi connectivity index (χ4n) is 2.47. The number of benzene rings is 2. The standard InChI is InChI=1S/C19H14INO4/c1-11-15-10-14(6-7-16(15)25-18(11)19(23)24)21-17(22)8-5-12-3-2-4-13(20)9-12/h2-10H,1H3,(H,21,22)(H,23,24)/b8-5+. The lowest BCUT2D eigenvalue weighted by Crippen LogP contribution is -2.07. The van der Waals surface area contributed by atoms with Crippen molar-refractivity contribution >= 4 is 57.2 Å². The summed E-state index contributed by atoms with van der Waals surface area (Å²) in [6.45, 7) is 1.68. The third kappa shape index (κ3) is 3.90. The highest BCUT2D eigenvalue weighted by Gasteiger charge is 2.16. The molecule has 1 heterocycles. The van der Waals surface area contributed by atoms with Crippen LogP contribution in [0.4, 0.5) is 5.69 Å². The van der Waals surface area contributed by atoms with Crippen molar-refractivity contribution < 1.29 is 19.1 Å². The van der Waals surface area contributed by atoms with Crippen molar-refractivity contribution in [3.05, 3.63) is 69.0 Å². The maximum atomic E-state index is 12.1. The maximum absolute atomic E-state index is 12.1. The minimum Gasteiger partial charge on any atom is -0.475 e. The van der Waals surface area contributed by atoms with Crippen LogP contribution in [-0.4, -0.2) is 17.0 Å². The summed E-state index contributed by atoms with van der Waals surface area (Å²) in [5.74, 6) is -1.46. The van der Waals surface area contributed by atoms with Crippen molar-refractivity contribution in [2.45, 2.75) is 6.92 Å². The Morgan fingerprint density at radius 3 is 2.72 bits per heavy atom. The summed E-state index contributed by atoms with van der Waals surface area (Å²) in [6, 6.07) is 12.8. The van der Waals surface area contributed by atoms with Crippen LogP contribution in [0.1, 0.15) is 21.7 Å². The molecule has 0 aliphatic carbocycles. The molecule has 0 aliphatic rings. The number of aromatic carboxylic acids is 1. The predicted octanol–water partition coefficient (Wildman–Crippen LogP) is 4.70. The van der Waals surface area contributed by atoms with E-state index in [4.69, 9.17) is 9.52 Å². The van der Waals surface area contributed by atoms with E-state index in [0.717, 1.165) is 9.13 Å². The van der Waals surface area contributed by atoms with Gasteiger partial charge in [-0.2, -0.15) is 0 Å². The molecule has 0 atom stereocenters. The number of furan rings is 1. The SMILES string of the molecule is Cc1c(C(=O)O)oc2ccc(NC(=O)/C=C/c3cccc(I)c3)cc12. The van der Waals surface area contributed by atoms with Gasteiger partial charge in [0.1, 0.15) is 5.58 Å². The van der Waals surface area contributed by atoms with Gasteiger partial charge in [-0.1, -0.05) is 12.1 Å². The fraction of sp³-hybridized carbons (Fsp3) is 0.0526. The molecule has 2 aromatic carbocycles. The van der Waals surface area contributed by atoms with E-state index in [2.05, 4.69) is 27.9 Å². The van der Waals surface area contributed by atoms with Crippen LogP contribution >= 0.6 is 22.6 Å². The minimum absolute atomic E-state index is 0.0861. The number of nitrogens with one attached hydrogen (secondary N) is 1. The summed E-state index contributed by atoms with van der Waals surface area (Å²) in [4.78, 5) is 23.2. The zero-order valence-corrected chi connectivity index (χ0v) is 15.4. The number of aryl methyl sites for hydroxylation is 1. The number of hydrogen-bond donors (Lipinski definition) is 2. The first-order valence-electron chi connectivity index (χ1n) is 7.45. The summed E-state index contributed by atoms with van der Waals surface area (Å²) in [6.07, 6.45) is 3.20. The molecule has 6 heteroatoms. The van der Waals surface area contributed by atoms with Gasteiger partial charge in [0.25, 0.3) is 0 Å². The number of hydrogen-bond acceptors (Lipinski definition) is 3. The van der Waals surface area contributed by atoms with Crippen LogP contribution < -0.4 is 5.32 Å². The van der Waals surface area contributed by atoms with Gasteiger partial charge < -0.3 is 14.8 Å². The summed E-state index contributed by atoms with van der Waals surface area (Å²) >= 11 is 2.21. The lowest BCUT2D eigenvalue weighted by molar-refractivity contribution is -0.111. The van der Waals surface area contributed by atoms with Crippen LogP contribution in [0.2, 0.25) is 0 Å². The number of rotatable bonds is 4. The largest absolute Gasteiger partial charge is 0.475 e. The Morgan fingerprint density at radius 1 is 1.20 bits per heavy atom. The minimum atomic E-state index is -1.11. The van der Waals surface area contributed by atoms with E-state index in [-0.39, 0.29) is 11.7 Å². The number of anilines is 1. The number of halogens is 1. The Morgan fingerprint density at radius 2 is 2.00 bits per heavy atom. The first-order chi connectivity index (χ1) is 11.9. The molecule has 25 heavy (non-hydrogen) atoms. The van der Waals surface area contributed by atoms with Crippen molar-refractivity contribution in [2.75, 3.05) is 5.32 Å². The van der Waals surface area contributed by atoms with Crippen molar-refractivity contribution in [3.8, 4) is 0 Å². The molecule has 0 saturated heterocycles. The van der Waals surface area contributed by atoms with E-state index in [1.165, 1.54) is 6.08 Å². The van der Waals surface area contributed by atoms with Crippen LogP contribution in [0.15, 0.2) is 53.0 Å². The van der Waals surface area contributed by atoms with Crippen molar-refractivity contribution in [3.63, 3.8) is 0 Å². The van der Waals surface area contributed by atoms with Gasteiger partial charge in [-0.05, 0) is 71.5 Å². The Kier molecular flexibility index (Phi) is 4.89. The molecule has 3 aromatic rings. The van der Waals surface area contributed by atoms with E-state index in [1.54, 1.807) is 31.2 Å². The Hall–Kier alpha value is -2.61. The molecule has 1 amide bonds. The number of carboxylic acid groups (broad SMARTS) is 1. The van der Waals surface area contributed by atoms with Crippen LogP contribution in [0.3, 0.4) is 0 Å². The lowest BCUT2D eigenvalue weighted by atomic mass is 10.1. The van der Waals surface area contributed by atoms with E-state index in [0.29, 0.717) is 22.2 Å². The molecule has 0 radical (unpaired) electrons. The Labute approximate surface area is 157 Å². The molecule has 2 N–H and O–H groups in total. The van der Waals surface area contributed by atoms with Gasteiger partial charge in [-0.15, -0.1) is 0 Å². The summed E-state index contributed by atoms with van der Waals surface area (Å²) in [5, 5.41) is 12.5. The van der Waals surface area contributed by atoms with E-state index in [1.807, 2.05) is 24.3 Å². The summed E-state index contributed by atoms with van der Waals surface area (Å²) in [7, 11) is 0. The molecule has 0 bridgehead atoms. The number of amides is 1. The highest BCUT2D eigenvalue weighted by atomic mass is 127. The summed E-state index contributed by atoms with van der Waals surface area (Å²) in [5.41, 5.74) is 2.52. The maximum Gasteiger partial charge on any atom is 0.372 e. The first-order valence-corrected chi connectivity index (χ1v) is 8.53. The number of carbonyl (C=O) groups is 2. The topological polar surface area (TPSA) is 79.5 Å². The number of fused-ring (bicyclic) bond motifs is 1. The second kappa shape index (κ2) is 7.10. The third-order valence-electron chi connectivity index (χ3n) is 3.67. The summed E-state index contributed by atoms with van der Waals surface area (Å²) < 4.78 is 6.40. The molecule has 5 nitrogen and oxygen atoms in total. The average Bonchev–Trinajstić information content (AvgIpc) is 2.90. The number of carbonyl (C=O) groups excluding carboxylic acids is 1. The predicted molar refractivity (Wildman–Crippen MR) is 105 cm³/mol. The van der Waals surface area contributed by atoms with Crippen LogP contribution in [0, 0.1) is 10.5 Å². The molecule has 3 rings (SSSR count). The van der Waals surface area contributed by atoms with Gasteiger partial charge in [-0.25, -0.2) is 4.79 Å². The highest BCUT2D eigenvalue weighted by molar-refractivity contribution is 14.1. The van der Waals surface area contributed by atoms with Crippen LogP contribution in [0.25, 0.3) is 17.0 Å². The molecular weight excluding hydrogens is 433 g/mol. The fourth-order valence-corrected chi connectivity index (χ4v) is 3.04. The molecule has 0 unspecified atom stereocenters. The number of carboxylic acids is 1. The van der Waals surface area contributed by atoms with Crippen LogP contribution in [-0.2, 0) is 4.79 Å². The van der Waals surface area contributed by atoms with Gasteiger partial charge in [0.2, 0.25) is 11.7 Å². The quantitative estimate of drug-likeness (QED) is 0.449. The smallest absolute Gasteiger partial charge is 0.372 e. The Bertz CT molecular complexity index is 1000. The van der Waals surface area contributed by atoms with Crippen molar-refractivity contribution in [1.82, 2.24) is 0 Å². The molecule has 0 spiro atoms. The van der Waals surface area contributed by atoms with Crippen molar-refractivity contribution in [2.24, 2.45) is 0 Å². The lowest BCUT2D eigenvalue weighted by Gasteiger charge is -2.02. The van der Waals surface area contributed by atoms with Gasteiger partial charge in [-0.3, -0.25) is 4.79 Å². The third-order valence-corrected chi connectivity index (χ3v) is 4.34. The first kappa shape index (κ1) is 17.2.